The van der Waals surface area contributed by atoms with Gasteiger partial charge < -0.3 is 4.48 Å². The van der Waals surface area contributed by atoms with Crippen molar-refractivity contribution in [1.82, 2.24) is 0 Å². The molecule has 0 radical (unpaired) electrons. The molecule has 0 aliphatic heterocycles. The van der Waals surface area contributed by atoms with Gasteiger partial charge >= 0.3 is 0 Å². The number of unbranched alkanes of at least 4 members (excludes halogenated alkanes) is 10. The minimum Gasteiger partial charge on any atom is -0.331 e. The third kappa shape index (κ3) is 29.8. The molecule has 0 aliphatic carbocycles. The van der Waals surface area contributed by atoms with Crippen molar-refractivity contribution in [3.63, 3.8) is 0 Å². The SMILES string of the molecule is CCCCCCCCCCCCS(=O)(=O)O.CCCC[N+](C)(C)C. The number of hydrogen-bond donors (Lipinski definition) is 1. The average Bonchev–Trinajstić information content (AvgIpc) is 2.46. The summed E-state index contributed by atoms with van der Waals surface area (Å²) in [4.78, 5) is 0. The highest BCUT2D eigenvalue weighted by atomic mass is 32.2. The zero-order valence-electron chi connectivity index (χ0n) is 17.0. The van der Waals surface area contributed by atoms with E-state index in [1.807, 2.05) is 0 Å². The molecule has 0 saturated heterocycles. The molecular weight excluding hydrogens is 322 g/mol. The van der Waals surface area contributed by atoms with Crippen molar-refractivity contribution in [2.75, 3.05) is 33.4 Å². The molecule has 5 heteroatoms. The van der Waals surface area contributed by atoms with Crippen molar-refractivity contribution in [2.24, 2.45) is 0 Å². The van der Waals surface area contributed by atoms with Crippen LogP contribution in [0.25, 0.3) is 0 Å². The second-order valence-corrected chi connectivity index (χ2v) is 9.41. The lowest BCUT2D eigenvalue weighted by molar-refractivity contribution is -0.870. The minimum absolute atomic E-state index is 0.0799. The molecule has 0 bridgehead atoms. The van der Waals surface area contributed by atoms with E-state index in [4.69, 9.17) is 4.55 Å². The van der Waals surface area contributed by atoms with Gasteiger partial charge in [0.15, 0.2) is 0 Å². The maximum absolute atomic E-state index is 10.4. The predicted molar refractivity (Wildman–Crippen MR) is 106 cm³/mol. The van der Waals surface area contributed by atoms with Crippen LogP contribution in [0.4, 0.5) is 0 Å². The molecule has 4 nitrogen and oxygen atoms in total. The second kappa shape index (κ2) is 16.3. The Balaban J connectivity index is 0. The zero-order valence-corrected chi connectivity index (χ0v) is 17.8. The molecule has 0 heterocycles. The molecule has 0 spiro atoms. The maximum Gasteiger partial charge on any atom is 0.264 e. The van der Waals surface area contributed by atoms with Crippen molar-refractivity contribution in [1.29, 1.82) is 0 Å². The summed E-state index contributed by atoms with van der Waals surface area (Å²) in [7, 11) is 2.96. The molecule has 0 aromatic rings. The van der Waals surface area contributed by atoms with Crippen LogP contribution in [0.15, 0.2) is 0 Å². The molecule has 24 heavy (non-hydrogen) atoms. The van der Waals surface area contributed by atoms with Crippen LogP contribution in [0.1, 0.15) is 90.9 Å². The molecule has 0 aromatic carbocycles. The van der Waals surface area contributed by atoms with Crippen molar-refractivity contribution >= 4 is 10.1 Å². The van der Waals surface area contributed by atoms with E-state index in [-0.39, 0.29) is 5.75 Å². The van der Waals surface area contributed by atoms with Crippen LogP contribution in [-0.2, 0) is 10.1 Å². The Kier molecular flexibility index (Phi) is 17.8. The summed E-state index contributed by atoms with van der Waals surface area (Å²) in [6, 6.07) is 0. The monoisotopic (exact) mass is 366 g/mol. The van der Waals surface area contributed by atoms with Gasteiger partial charge in [-0.15, -0.1) is 0 Å². The quantitative estimate of drug-likeness (QED) is 0.258. The highest BCUT2D eigenvalue weighted by Gasteiger charge is 2.03. The fourth-order valence-electron chi connectivity index (χ4n) is 2.40. The average molecular weight is 367 g/mol. The third-order valence-corrected chi connectivity index (χ3v) is 4.74. The van der Waals surface area contributed by atoms with E-state index in [2.05, 4.69) is 35.0 Å². The molecule has 1 N–H and O–H groups in total. The van der Waals surface area contributed by atoms with Gasteiger partial charge in [-0.2, -0.15) is 8.42 Å². The fraction of sp³-hybridized carbons (Fsp3) is 1.00. The Morgan fingerprint density at radius 1 is 0.667 bits per heavy atom. The maximum atomic E-state index is 10.4. The summed E-state index contributed by atoms with van der Waals surface area (Å²) in [5.41, 5.74) is 0. The molecule has 148 valence electrons. The first-order valence-corrected chi connectivity index (χ1v) is 11.5. The Morgan fingerprint density at radius 3 is 1.33 bits per heavy atom. The summed E-state index contributed by atoms with van der Waals surface area (Å²) < 4.78 is 30.5. The standard InChI is InChI=1S/C12H26O3S.C7H18N/c1-2-3-4-5-6-7-8-9-10-11-12-16(13,14)15;1-5-6-7-8(2,3)4/h2-12H2,1H3,(H,13,14,15);5-7H2,1-4H3/q;+1. The second-order valence-electron chi connectivity index (χ2n) is 7.84. The van der Waals surface area contributed by atoms with Crippen molar-refractivity contribution < 1.29 is 17.5 Å². The van der Waals surface area contributed by atoms with E-state index in [1.54, 1.807) is 0 Å². The fourth-order valence-corrected chi connectivity index (χ4v) is 2.97. The van der Waals surface area contributed by atoms with Gasteiger partial charge in [-0.3, -0.25) is 4.55 Å². The summed E-state index contributed by atoms with van der Waals surface area (Å²) in [5.74, 6) is -0.0799. The van der Waals surface area contributed by atoms with Crippen molar-refractivity contribution in [3.05, 3.63) is 0 Å². The first-order valence-electron chi connectivity index (χ1n) is 9.88. The van der Waals surface area contributed by atoms with E-state index >= 15 is 0 Å². The normalized spacial score (nSPS) is 11.9. The van der Waals surface area contributed by atoms with Crippen LogP contribution in [-0.4, -0.2) is 50.9 Å². The Morgan fingerprint density at radius 2 is 1.04 bits per heavy atom. The number of nitrogens with zero attached hydrogens (tertiary/aromatic N) is 1. The highest BCUT2D eigenvalue weighted by molar-refractivity contribution is 7.85. The van der Waals surface area contributed by atoms with E-state index in [1.165, 1.54) is 64.3 Å². The number of quaternary nitrogens is 1. The van der Waals surface area contributed by atoms with Crippen molar-refractivity contribution in [2.45, 2.75) is 90.9 Å². The van der Waals surface area contributed by atoms with Crippen LogP contribution < -0.4 is 0 Å². The van der Waals surface area contributed by atoms with Crippen LogP contribution in [0.3, 0.4) is 0 Å². The smallest absolute Gasteiger partial charge is 0.264 e. The lowest BCUT2D eigenvalue weighted by atomic mass is 10.1. The van der Waals surface area contributed by atoms with Gasteiger partial charge in [0.1, 0.15) is 0 Å². The largest absolute Gasteiger partial charge is 0.331 e. The van der Waals surface area contributed by atoms with Gasteiger partial charge in [0.2, 0.25) is 0 Å². The lowest BCUT2D eigenvalue weighted by Crippen LogP contribution is -2.35. The van der Waals surface area contributed by atoms with Gasteiger partial charge in [0, 0.05) is 0 Å². The summed E-state index contributed by atoms with van der Waals surface area (Å²) in [6.07, 6.45) is 14.3. The molecule has 0 unspecified atom stereocenters. The topological polar surface area (TPSA) is 54.4 Å². The van der Waals surface area contributed by atoms with Crippen LogP contribution in [0.2, 0.25) is 0 Å². The molecule has 0 aromatic heterocycles. The number of rotatable bonds is 14. The van der Waals surface area contributed by atoms with Crippen molar-refractivity contribution in [3.8, 4) is 0 Å². The van der Waals surface area contributed by atoms with Gasteiger partial charge in [-0.25, -0.2) is 0 Å². The van der Waals surface area contributed by atoms with Gasteiger partial charge in [0.05, 0.1) is 33.4 Å². The van der Waals surface area contributed by atoms with E-state index in [0.717, 1.165) is 17.3 Å². The number of hydrogen-bond acceptors (Lipinski definition) is 2. The first-order chi connectivity index (χ1) is 11.1. The third-order valence-electron chi connectivity index (χ3n) is 3.94. The Bertz CT molecular complexity index is 348. The summed E-state index contributed by atoms with van der Waals surface area (Å²) in [6.45, 7) is 5.75. The van der Waals surface area contributed by atoms with E-state index < -0.39 is 10.1 Å². The van der Waals surface area contributed by atoms with Crippen LogP contribution in [0.5, 0.6) is 0 Å². The molecule has 0 saturated carbocycles. The Hall–Kier alpha value is -0.130. The molecule has 0 aliphatic rings. The zero-order chi connectivity index (χ0) is 18.9. The van der Waals surface area contributed by atoms with Gasteiger partial charge in [-0.1, -0.05) is 78.1 Å². The van der Waals surface area contributed by atoms with E-state index in [9.17, 15) is 8.42 Å². The molecular formula is C19H44NO3S+. The first kappa shape index (κ1) is 26.1. The van der Waals surface area contributed by atoms with E-state index in [0.29, 0.717) is 6.42 Å². The molecule has 0 amide bonds. The minimum atomic E-state index is -3.73. The molecule has 0 fully saturated rings. The summed E-state index contributed by atoms with van der Waals surface area (Å²) >= 11 is 0. The lowest BCUT2D eigenvalue weighted by Gasteiger charge is -2.23. The van der Waals surface area contributed by atoms with Crippen LogP contribution in [0, 0.1) is 0 Å². The van der Waals surface area contributed by atoms with Crippen LogP contribution >= 0.6 is 0 Å². The van der Waals surface area contributed by atoms with Gasteiger partial charge in [-0.05, 0) is 12.8 Å². The molecule has 0 rings (SSSR count). The Labute approximate surface area is 152 Å². The predicted octanol–water partition coefficient (Wildman–Crippen LogP) is 5.29. The molecule has 0 atom stereocenters. The summed E-state index contributed by atoms with van der Waals surface area (Å²) in [5, 5.41) is 0. The van der Waals surface area contributed by atoms with Gasteiger partial charge in [0.25, 0.3) is 10.1 Å². The highest BCUT2D eigenvalue weighted by Crippen LogP contribution is 2.10.